The highest BCUT2D eigenvalue weighted by Crippen LogP contribution is 2.17. The van der Waals surface area contributed by atoms with E-state index in [-0.39, 0.29) is 31.1 Å². The Bertz CT molecular complexity index is 1290. The fourth-order valence-corrected chi connectivity index (χ4v) is 9.01. The van der Waals surface area contributed by atoms with E-state index in [0.29, 0.717) is 19.3 Å². The van der Waals surface area contributed by atoms with Gasteiger partial charge < -0.3 is 14.2 Å². The van der Waals surface area contributed by atoms with Gasteiger partial charge in [-0.15, -0.1) is 0 Å². The van der Waals surface area contributed by atoms with Crippen molar-refractivity contribution in [2.24, 2.45) is 0 Å². The van der Waals surface area contributed by atoms with Gasteiger partial charge in [0.15, 0.2) is 6.10 Å². The minimum Gasteiger partial charge on any atom is -0.462 e. The summed E-state index contributed by atoms with van der Waals surface area (Å²) in [5.74, 6) is -0.882. The van der Waals surface area contributed by atoms with E-state index in [2.05, 4.69) is 81.5 Å². The van der Waals surface area contributed by atoms with Gasteiger partial charge in [0.25, 0.3) is 0 Å². The van der Waals surface area contributed by atoms with Gasteiger partial charge in [-0.1, -0.05) is 274 Å². The molecule has 0 aliphatic heterocycles. The van der Waals surface area contributed by atoms with E-state index in [1.807, 2.05) is 0 Å². The third-order valence-corrected chi connectivity index (χ3v) is 13.7. The molecule has 0 aromatic heterocycles. The van der Waals surface area contributed by atoms with Crippen LogP contribution in [0, 0.1) is 0 Å². The molecule has 0 aromatic rings. The third kappa shape index (κ3) is 58.0. The van der Waals surface area contributed by atoms with Crippen LogP contribution >= 0.6 is 0 Å². The molecule has 0 spiro atoms. The second-order valence-electron chi connectivity index (χ2n) is 21.0. The Morgan fingerprint density at radius 2 is 0.500 bits per heavy atom. The lowest BCUT2D eigenvalue weighted by molar-refractivity contribution is -0.167. The normalized spacial score (nSPS) is 12.4. The highest BCUT2D eigenvalue weighted by atomic mass is 16.6. The van der Waals surface area contributed by atoms with Crippen LogP contribution in [0.25, 0.3) is 0 Å². The molecule has 0 radical (unpaired) electrons. The molecule has 0 bridgehead atoms. The predicted molar refractivity (Wildman–Crippen MR) is 312 cm³/mol. The first-order chi connectivity index (χ1) is 35.5. The average Bonchev–Trinajstić information content (AvgIpc) is 3.38. The summed E-state index contributed by atoms with van der Waals surface area (Å²) in [5.41, 5.74) is 0. The highest BCUT2D eigenvalue weighted by Gasteiger charge is 2.19. The van der Waals surface area contributed by atoms with Crippen LogP contribution < -0.4 is 0 Å². The first-order valence-corrected chi connectivity index (χ1v) is 31.3. The quantitative estimate of drug-likeness (QED) is 0.0261. The number of hydrogen-bond acceptors (Lipinski definition) is 6. The van der Waals surface area contributed by atoms with E-state index in [9.17, 15) is 14.4 Å². The lowest BCUT2D eigenvalue weighted by atomic mass is 10.0. The summed E-state index contributed by atoms with van der Waals surface area (Å²) in [7, 11) is 0. The second-order valence-corrected chi connectivity index (χ2v) is 21.0. The van der Waals surface area contributed by atoms with Crippen LogP contribution in [0.15, 0.2) is 60.8 Å². The van der Waals surface area contributed by atoms with Gasteiger partial charge in [-0.2, -0.15) is 0 Å². The SMILES string of the molecule is CCCCC/C=C\C/C=C\C/C=C\CCCCCCCCC(=O)OC[C@@H](COC(=O)CCCCCCCCC/C=C\C/C=C\CCCCC)OC(=O)CCCCCCCCCCCCCCCCCCCC. The van der Waals surface area contributed by atoms with E-state index < -0.39 is 6.10 Å². The van der Waals surface area contributed by atoms with Gasteiger partial charge in [0.05, 0.1) is 0 Å². The van der Waals surface area contributed by atoms with Gasteiger partial charge in [-0.25, -0.2) is 0 Å². The minimum atomic E-state index is -0.782. The van der Waals surface area contributed by atoms with Crippen LogP contribution in [0.5, 0.6) is 0 Å². The summed E-state index contributed by atoms with van der Waals surface area (Å²) in [5, 5.41) is 0. The van der Waals surface area contributed by atoms with Crippen molar-refractivity contribution in [2.45, 2.75) is 329 Å². The second kappa shape index (κ2) is 60.7. The highest BCUT2D eigenvalue weighted by molar-refractivity contribution is 5.71. The number of ether oxygens (including phenoxy) is 3. The van der Waals surface area contributed by atoms with Crippen molar-refractivity contribution in [1.29, 1.82) is 0 Å². The van der Waals surface area contributed by atoms with Crippen LogP contribution in [0.2, 0.25) is 0 Å². The van der Waals surface area contributed by atoms with Gasteiger partial charge in [-0.05, 0) is 89.9 Å². The summed E-state index contributed by atoms with van der Waals surface area (Å²) in [6.07, 6.45) is 76.4. The fourth-order valence-electron chi connectivity index (χ4n) is 9.01. The lowest BCUT2D eigenvalue weighted by Gasteiger charge is -2.18. The van der Waals surface area contributed by atoms with Crippen molar-refractivity contribution in [3.05, 3.63) is 60.8 Å². The summed E-state index contributed by atoms with van der Waals surface area (Å²) in [4.78, 5) is 38.3. The lowest BCUT2D eigenvalue weighted by Crippen LogP contribution is -2.30. The third-order valence-electron chi connectivity index (χ3n) is 13.7. The van der Waals surface area contributed by atoms with Crippen LogP contribution in [-0.2, 0) is 28.6 Å². The van der Waals surface area contributed by atoms with Crippen molar-refractivity contribution < 1.29 is 28.6 Å². The molecule has 0 unspecified atom stereocenters. The summed E-state index contributed by atoms with van der Waals surface area (Å²) >= 11 is 0. The molecule has 418 valence electrons. The number of hydrogen-bond donors (Lipinski definition) is 0. The molecular weight excluding hydrogens is 889 g/mol. The van der Waals surface area contributed by atoms with Crippen LogP contribution in [0.1, 0.15) is 323 Å². The van der Waals surface area contributed by atoms with Crippen molar-refractivity contribution in [3.8, 4) is 0 Å². The molecule has 0 saturated heterocycles. The molecule has 1 atom stereocenters. The minimum absolute atomic E-state index is 0.0799. The molecule has 0 amide bonds. The Morgan fingerprint density at radius 3 is 0.806 bits per heavy atom. The Hall–Kier alpha value is -2.89. The molecular formula is C66H118O6. The fraction of sp³-hybridized carbons (Fsp3) is 0.803. The number of carbonyl (C=O) groups is 3. The molecule has 0 N–H and O–H groups in total. The summed E-state index contributed by atoms with van der Waals surface area (Å²) < 4.78 is 16.9. The van der Waals surface area contributed by atoms with Crippen molar-refractivity contribution in [1.82, 2.24) is 0 Å². The molecule has 0 aromatic carbocycles. The number of esters is 3. The molecule has 72 heavy (non-hydrogen) atoms. The maximum atomic E-state index is 12.9. The van der Waals surface area contributed by atoms with E-state index in [1.54, 1.807) is 0 Å². The Kier molecular flexibility index (Phi) is 58.2. The van der Waals surface area contributed by atoms with Gasteiger partial charge >= 0.3 is 17.9 Å². The van der Waals surface area contributed by atoms with E-state index in [4.69, 9.17) is 14.2 Å². The largest absolute Gasteiger partial charge is 0.462 e. The maximum Gasteiger partial charge on any atom is 0.306 e. The zero-order chi connectivity index (χ0) is 52.2. The Labute approximate surface area is 447 Å². The molecule has 0 fully saturated rings. The first-order valence-electron chi connectivity index (χ1n) is 31.3. The molecule has 0 heterocycles. The van der Waals surface area contributed by atoms with Gasteiger partial charge in [0.2, 0.25) is 0 Å². The van der Waals surface area contributed by atoms with Gasteiger partial charge in [0.1, 0.15) is 13.2 Å². The molecule has 0 rings (SSSR count). The van der Waals surface area contributed by atoms with Crippen LogP contribution in [0.4, 0.5) is 0 Å². The zero-order valence-corrected chi connectivity index (χ0v) is 47.9. The van der Waals surface area contributed by atoms with E-state index >= 15 is 0 Å². The van der Waals surface area contributed by atoms with Crippen LogP contribution in [-0.4, -0.2) is 37.2 Å². The predicted octanol–water partition coefficient (Wildman–Crippen LogP) is 21.2. The van der Waals surface area contributed by atoms with Crippen molar-refractivity contribution in [2.75, 3.05) is 13.2 Å². The molecule has 0 aliphatic carbocycles. The summed E-state index contributed by atoms with van der Waals surface area (Å²) in [6, 6.07) is 0. The maximum absolute atomic E-state index is 12.9. The van der Waals surface area contributed by atoms with E-state index in [1.165, 1.54) is 193 Å². The van der Waals surface area contributed by atoms with Crippen molar-refractivity contribution in [3.63, 3.8) is 0 Å². The number of unbranched alkanes of at least 4 members (excludes halogenated alkanes) is 36. The first kappa shape index (κ1) is 69.1. The monoisotopic (exact) mass is 1010 g/mol. The van der Waals surface area contributed by atoms with Crippen LogP contribution in [0.3, 0.4) is 0 Å². The van der Waals surface area contributed by atoms with Gasteiger partial charge in [0, 0.05) is 19.3 Å². The van der Waals surface area contributed by atoms with Crippen molar-refractivity contribution >= 4 is 17.9 Å². The van der Waals surface area contributed by atoms with E-state index in [0.717, 1.165) is 89.9 Å². The van der Waals surface area contributed by atoms with Gasteiger partial charge in [-0.3, -0.25) is 14.4 Å². The smallest absolute Gasteiger partial charge is 0.306 e. The average molecular weight is 1010 g/mol. The number of carbonyl (C=O) groups excluding carboxylic acids is 3. The molecule has 0 saturated carbocycles. The topological polar surface area (TPSA) is 78.9 Å². The number of allylic oxidation sites excluding steroid dienone is 10. The zero-order valence-electron chi connectivity index (χ0n) is 47.9. The Balaban J connectivity index is 4.39. The molecule has 6 nitrogen and oxygen atoms in total. The molecule has 0 aliphatic rings. The standard InChI is InChI=1S/C66H118O6/c1-4-7-10-13-16-19-22-25-28-31-33-36-38-41-44-47-50-53-56-59-65(68)71-62-63(61-70-64(67)58-55-52-49-46-43-40-37-34-30-27-24-21-18-15-12-9-6-3)72-66(69)60-57-54-51-48-45-42-39-35-32-29-26-23-20-17-14-11-8-5-2/h16,18-19,21,25,27-28,30,33,36,63H,4-15,17,20,22-24,26,29,31-32,34-35,37-62H2,1-3H3/b19-16-,21-18-,28-25-,30-27-,36-33-/t63-/m1/s1. The summed E-state index contributed by atoms with van der Waals surface area (Å²) in [6.45, 7) is 6.62. The Morgan fingerprint density at radius 1 is 0.278 bits per heavy atom. The molecule has 6 heteroatoms. The number of rotatable bonds is 57.